The highest BCUT2D eigenvalue weighted by Gasteiger charge is 2.38. The van der Waals surface area contributed by atoms with Crippen molar-refractivity contribution in [3.63, 3.8) is 0 Å². The lowest BCUT2D eigenvalue weighted by Crippen LogP contribution is -2.57. The van der Waals surface area contributed by atoms with Crippen LogP contribution in [-0.4, -0.2) is 37.2 Å². The lowest BCUT2D eigenvalue weighted by Gasteiger charge is -2.47. The Balaban J connectivity index is 2.73. The first-order valence-electron chi connectivity index (χ1n) is 4.92. The molecule has 0 spiro atoms. The van der Waals surface area contributed by atoms with Gasteiger partial charge in [0, 0.05) is 12.1 Å². The van der Waals surface area contributed by atoms with Gasteiger partial charge in [-0.2, -0.15) is 0 Å². The summed E-state index contributed by atoms with van der Waals surface area (Å²) in [7, 11) is 2.21. The van der Waals surface area contributed by atoms with Crippen LogP contribution in [0.1, 0.15) is 27.2 Å². The zero-order chi connectivity index (χ0) is 9.19. The summed E-state index contributed by atoms with van der Waals surface area (Å²) in [4.78, 5) is 2.46. The lowest BCUT2D eigenvalue weighted by molar-refractivity contribution is -0.0806. The van der Waals surface area contributed by atoms with E-state index in [4.69, 9.17) is 4.74 Å². The molecule has 0 aromatic heterocycles. The van der Waals surface area contributed by atoms with E-state index in [-0.39, 0.29) is 5.54 Å². The Hall–Kier alpha value is -0.0800. The van der Waals surface area contributed by atoms with Crippen LogP contribution in [0.5, 0.6) is 0 Å². The van der Waals surface area contributed by atoms with E-state index in [1.54, 1.807) is 0 Å². The summed E-state index contributed by atoms with van der Waals surface area (Å²) in [6.07, 6.45) is 1.18. The maximum atomic E-state index is 5.57. The van der Waals surface area contributed by atoms with Crippen molar-refractivity contribution in [1.82, 2.24) is 4.90 Å². The van der Waals surface area contributed by atoms with Gasteiger partial charge in [-0.05, 0) is 19.4 Å². The Morgan fingerprint density at radius 2 is 2.17 bits per heavy atom. The van der Waals surface area contributed by atoms with E-state index in [0.29, 0.717) is 5.92 Å². The molecule has 2 nitrogen and oxygen atoms in total. The number of nitrogens with zero attached hydrogens (tertiary/aromatic N) is 1. The fourth-order valence-electron chi connectivity index (χ4n) is 2.17. The van der Waals surface area contributed by atoms with Crippen LogP contribution in [0, 0.1) is 5.92 Å². The Morgan fingerprint density at radius 3 is 2.50 bits per heavy atom. The second-order valence-corrected chi connectivity index (χ2v) is 4.09. The predicted octanol–water partition coefficient (Wildman–Crippen LogP) is 1.75. The van der Waals surface area contributed by atoms with Gasteiger partial charge in [-0.1, -0.05) is 20.8 Å². The van der Waals surface area contributed by atoms with E-state index in [9.17, 15) is 0 Å². The molecule has 1 fully saturated rings. The molecule has 0 radical (unpaired) electrons. The van der Waals surface area contributed by atoms with Crippen LogP contribution < -0.4 is 0 Å². The van der Waals surface area contributed by atoms with Gasteiger partial charge in [-0.3, -0.25) is 4.90 Å². The molecule has 1 rings (SSSR count). The highest BCUT2D eigenvalue weighted by atomic mass is 16.5. The summed E-state index contributed by atoms with van der Waals surface area (Å²) < 4.78 is 5.57. The fourth-order valence-corrected chi connectivity index (χ4v) is 2.17. The summed E-state index contributed by atoms with van der Waals surface area (Å²) in [6.45, 7) is 9.70. The number of ether oxygens (including phenoxy) is 1. The van der Waals surface area contributed by atoms with Gasteiger partial charge in [0.2, 0.25) is 0 Å². The number of hydrogen-bond acceptors (Lipinski definition) is 2. The van der Waals surface area contributed by atoms with Crippen molar-refractivity contribution >= 4 is 0 Å². The Kier molecular flexibility index (Phi) is 3.13. The smallest absolute Gasteiger partial charge is 0.0653 e. The van der Waals surface area contributed by atoms with Crippen molar-refractivity contribution < 1.29 is 4.74 Å². The van der Waals surface area contributed by atoms with Crippen LogP contribution >= 0.6 is 0 Å². The zero-order valence-corrected chi connectivity index (χ0v) is 8.76. The van der Waals surface area contributed by atoms with Gasteiger partial charge in [0.15, 0.2) is 0 Å². The molecule has 0 N–H and O–H groups in total. The second-order valence-electron chi connectivity index (χ2n) is 4.09. The van der Waals surface area contributed by atoms with Crippen LogP contribution in [0.15, 0.2) is 0 Å². The number of rotatable bonds is 2. The molecule has 12 heavy (non-hydrogen) atoms. The third-order valence-corrected chi connectivity index (χ3v) is 3.37. The Bertz CT molecular complexity index is 147. The summed E-state index contributed by atoms with van der Waals surface area (Å²) in [6, 6.07) is 0. The van der Waals surface area contributed by atoms with Crippen LogP contribution in [-0.2, 0) is 4.74 Å². The average Bonchev–Trinajstić information content (AvgIpc) is 2.05. The van der Waals surface area contributed by atoms with Crippen LogP contribution in [0.3, 0.4) is 0 Å². The molecule has 0 saturated carbocycles. The maximum absolute atomic E-state index is 5.57. The van der Waals surface area contributed by atoms with Crippen molar-refractivity contribution in [3.8, 4) is 0 Å². The largest absolute Gasteiger partial charge is 0.378 e. The highest BCUT2D eigenvalue weighted by molar-refractivity contribution is 4.92. The molecule has 0 bridgehead atoms. The lowest BCUT2D eigenvalue weighted by atomic mass is 9.82. The molecule has 1 aliphatic rings. The van der Waals surface area contributed by atoms with Gasteiger partial charge in [-0.25, -0.2) is 0 Å². The SMILES string of the molecule is CCC1(C(C)C)COCCN1C. The molecule has 2 heteroatoms. The van der Waals surface area contributed by atoms with Crippen molar-refractivity contribution in [1.29, 1.82) is 0 Å². The van der Waals surface area contributed by atoms with E-state index >= 15 is 0 Å². The van der Waals surface area contributed by atoms with Crippen molar-refractivity contribution in [2.45, 2.75) is 32.7 Å². The highest BCUT2D eigenvalue weighted by Crippen LogP contribution is 2.30. The number of hydrogen-bond donors (Lipinski definition) is 0. The summed E-state index contributed by atoms with van der Waals surface area (Å²) in [5, 5.41) is 0. The summed E-state index contributed by atoms with van der Waals surface area (Å²) in [5.41, 5.74) is 0.290. The first-order valence-corrected chi connectivity index (χ1v) is 4.92. The van der Waals surface area contributed by atoms with E-state index in [1.165, 1.54) is 6.42 Å². The van der Waals surface area contributed by atoms with Gasteiger partial charge in [0.05, 0.1) is 13.2 Å². The molecule has 0 aromatic carbocycles. The molecule has 0 amide bonds. The van der Waals surface area contributed by atoms with E-state index in [0.717, 1.165) is 19.8 Å². The van der Waals surface area contributed by atoms with Crippen molar-refractivity contribution in [2.24, 2.45) is 5.92 Å². The quantitative estimate of drug-likeness (QED) is 0.627. The van der Waals surface area contributed by atoms with E-state index in [1.807, 2.05) is 0 Å². The molecular formula is C10H21NO. The average molecular weight is 171 g/mol. The van der Waals surface area contributed by atoms with E-state index in [2.05, 4.69) is 32.7 Å². The third-order valence-electron chi connectivity index (χ3n) is 3.37. The third kappa shape index (κ3) is 1.50. The van der Waals surface area contributed by atoms with Crippen molar-refractivity contribution in [2.75, 3.05) is 26.8 Å². The van der Waals surface area contributed by atoms with E-state index < -0.39 is 0 Å². The molecule has 72 valence electrons. The van der Waals surface area contributed by atoms with Crippen LogP contribution in [0.2, 0.25) is 0 Å². The molecular weight excluding hydrogens is 150 g/mol. The van der Waals surface area contributed by atoms with Gasteiger partial charge in [0.25, 0.3) is 0 Å². The van der Waals surface area contributed by atoms with Crippen molar-refractivity contribution in [3.05, 3.63) is 0 Å². The molecule has 1 unspecified atom stereocenters. The van der Waals surface area contributed by atoms with Gasteiger partial charge < -0.3 is 4.74 Å². The topological polar surface area (TPSA) is 12.5 Å². The Labute approximate surface area is 75.9 Å². The van der Waals surface area contributed by atoms with Crippen LogP contribution in [0.25, 0.3) is 0 Å². The second kappa shape index (κ2) is 3.75. The van der Waals surface area contributed by atoms with Crippen LogP contribution in [0.4, 0.5) is 0 Å². The van der Waals surface area contributed by atoms with Gasteiger partial charge in [-0.15, -0.1) is 0 Å². The standard InChI is InChI=1S/C10H21NO/c1-5-10(9(2)3)8-12-7-6-11(10)4/h9H,5-8H2,1-4H3. The first kappa shape index (κ1) is 10.0. The van der Waals surface area contributed by atoms with Gasteiger partial charge >= 0.3 is 0 Å². The monoisotopic (exact) mass is 171 g/mol. The Morgan fingerprint density at radius 1 is 1.50 bits per heavy atom. The number of likely N-dealkylation sites (N-methyl/N-ethyl adjacent to an activating group) is 1. The molecule has 0 aliphatic carbocycles. The first-order chi connectivity index (χ1) is 5.63. The minimum atomic E-state index is 0.290. The maximum Gasteiger partial charge on any atom is 0.0653 e. The summed E-state index contributed by atoms with van der Waals surface area (Å²) >= 11 is 0. The van der Waals surface area contributed by atoms with Gasteiger partial charge in [0.1, 0.15) is 0 Å². The normalized spacial score (nSPS) is 32.8. The number of morpholine rings is 1. The molecule has 0 aromatic rings. The molecule has 1 atom stereocenters. The molecule has 1 saturated heterocycles. The fraction of sp³-hybridized carbons (Fsp3) is 1.00. The minimum Gasteiger partial charge on any atom is -0.378 e. The summed E-state index contributed by atoms with van der Waals surface area (Å²) in [5.74, 6) is 0.674. The molecule has 1 heterocycles. The molecule has 1 aliphatic heterocycles. The zero-order valence-electron chi connectivity index (χ0n) is 8.76. The minimum absolute atomic E-state index is 0.290. The predicted molar refractivity (Wildman–Crippen MR) is 51.3 cm³/mol.